The van der Waals surface area contributed by atoms with Gasteiger partial charge >= 0.3 is 0 Å². The number of aromatic amines is 1. The second-order valence-corrected chi connectivity index (χ2v) is 7.35. The average Bonchev–Trinajstić information content (AvgIpc) is 3.34. The summed E-state index contributed by atoms with van der Waals surface area (Å²) >= 11 is 0. The predicted molar refractivity (Wildman–Crippen MR) is 115 cm³/mol. The lowest BCUT2D eigenvalue weighted by Crippen LogP contribution is -2.29. The van der Waals surface area contributed by atoms with Gasteiger partial charge in [-0.2, -0.15) is 5.10 Å². The van der Waals surface area contributed by atoms with E-state index in [1.54, 1.807) is 42.6 Å². The van der Waals surface area contributed by atoms with Gasteiger partial charge in [0.15, 0.2) is 0 Å². The first kappa shape index (κ1) is 18.9. The Balaban J connectivity index is 1.68. The van der Waals surface area contributed by atoms with E-state index in [0.717, 1.165) is 16.7 Å². The number of para-hydroxylation sites is 1. The minimum Gasteiger partial charge on any atom is -0.507 e. The number of H-pyrrole nitrogens is 1. The van der Waals surface area contributed by atoms with Crippen LogP contribution in [0.3, 0.4) is 0 Å². The fourth-order valence-corrected chi connectivity index (χ4v) is 4.08. The molecule has 0 unspecified atom stereocenters. The third kappa shape index (κ3) is 3.20. The summed E-state index contributed by atoms with van der Waals surface area (Å²) in [4.78, 5) is 19.3. The number of carbonyl (C=O) groups excluding carboxylic acids is 1. The maximum Gasteiger partial charge on any atom is 0.273 e. The quantitative estimate of drug-likeness (QED) is 0.518. The summed E-state index contributed by atoms with van der Waals surface area (Å²) in [6.45, 7) is 0.409. The summed E-state index contributed by atoms with van der Waals surface area (Å²) in [5, 5.41) is 17.8. The van der Waals surface area contributed by atoms with Gasteiger partial charge in [-0.15, -0.1) is 0 Å². The summed E-state index contributed by atoms with van der Waals surface area (Å²) in [6, 6.07) is 18.1. The fourth-order valence-electron chi connectivity index (χ4n) is 4.08. The minimum atomic E-state index is -0.390. The van der Waals surface area contributed by atoms with Crippen LogP contribution in [-0.2, 0) is 6.54 Å². The molecule has 2 aromatic heterocycles. The number of nitrogens with zero attached hydrogens (tertiary/aromatic N) is 3. The van der Waals surface area contributed by atoms with Crippen molar-refractivity contribution in [3.63, 3.8) is 0 Å². The average molecular weight is 412 g/mol. The molecule has 3 heterocycles. The number of aromatic nitrogens is 3. The van der Waals surface area contributed by atoms with Crippen molar-refractivity contribution in [2.75, 3.05) is 7.11 Å². The highest BCUT2D eigenvalue weighted by Crippen LogP contribution is 2.45. The van der Waals surface area contributed by atoms with Crippen LogP contribution < -0.4 is 4.74 Å². The van der Waals surface area contributed by atoms with Crippen LogP contribution >= 0.6 is 0 Å². The molecule has 7 nitrogen and oxygen atoms in total. The van der Waals surface area contributed by atoms with Crippen LogP contribution in [0.2, 0.25) is 0 Å². The maximum absolute atomic E-state index is 13.4. The molecule has 0 aliphatic carbocycles. The molecular formula is C24H20N4O3. The lowest BCUT2D eigenvalue weighted by atomic mass is 9.95. The number of benzene rings is 2. The first-order valence-corrected chi connectivity index (χ1v) is 9.88. The van der Waals surface area contributed by atoms with Crippen LogP contribution in [0.5, 0.6) is 11.5 Å². The number of ether oxygens (including phenoxy) is 1. The van der Waals surface area contributed by atoms with Crippen LogP contribution in [-0.4, -0.2) is 38.2 Å². The smallest absolute Gasteiger partial charge is 0.273 e. The molecule has 0 bridgehead atoms. The molecule has 0 saturated heterocycles. The molecule has 1 aliphatic rings. The molecule has 1 aliphatic heterocycles. The first-order valence-electron chi connectivity index (χ1n) is 9.88. The van der Waals surface area contributed by atoms with E-state index in [1.807, 2.05) is 42.5 Å². The SMILES string of the molecule is COc1cccc([C@@H]2c3c(-c4ccccc4O)n[nH]c3C(=O)N2Cc2ccncc2)c1. The molecule has 7 heteroatoms. The van der Waals surface area contributed by atoms with Gasteiger partial charge in [-0.25, -0.2) is 0 Å². The number of pyridine rings is 1. The summed E-state index contributed by atoms with van der Waals surface area (Å²) in [5.74, 6) is 0.671. The number of aromatic hydroxyl groups is 1. The standard InChI is InChI=1S/C24H20N4O3/c1-31-17-6-4-5-16(13-17)23-20-21(18-7-2-3-8-19(18)29)26-27-22(20)24(30)28(23)14-15-9-11-25-12-10-15/h2-13,23,29H,14H2,1H3,(H,26,27)/t23-/m1/s1. The van der Waals surface area contributed by atoms with Crippen molar-refractivity contribution >= 4 is 5.91 Å². The Bertz CT molecular complexity index is 1250. The van der Waals surface area contributed by atoms with Crippen LogP contribution in [0.1, 0.15) is 33.2 Å². The number of phenols is 1. The Morgan fingerprint density at radius 2 is 1.90 bits per heavy atom. The van der Waals surface area contributed by atoms with Crippen LogP contribution in [0.15, 0.2) is 73.1 Å². The molecule has 4 aromatic rings. The predicted octanol–water partition coefficient (Wildman–Crippen LogP) is 3.93. The van der Waals surface area contributed by atoms with E-state index in [0.29, 0.717) is 29.2 Å². The Hall–Kier alpha value is -4.13. The normalized spacial score (nSPS) is 15.2. The van der Waals surface area contributed by atoms with Crippen LogP contribution in [0.4, 0.5) is 0 Å². The van der Waals surface area contributed by atoms with Crippen molar-refractivity contribution in [2.45, 2.75) is 12.6 Å². The molecule has 154 valence electrons. The van der Waals surface area contributed by atoms with Gasteiger partial charge < -0.3 is 14.7 Å². The number of phenolic OH excluding ortho intramolecular Hbond substituents is 1. The van der Waals surface area contributed by atoms with E-state index in [9.17, 15) is 9.90 Å². The zero-order chi connectivity index (χ0) is 21.4. The van der Waals surface area contributed by atoms with Crippen LogP contribution in [0, 0.1) is 0 Å². The van der Waals surface area contributed by atoms with E-state index < -0.39 is 0 Å². The summed E-state index contributed by atoms with van der Waals surface area (Å²) < 4.78 is 5.42. The summed E-state index contributed by atoms with van der Waals surface area (Å²) in [6.07, 6.45) is 3.43. The summed E-state index contributed by atoms with van der Waals surface area (Å²) in [5.41, 5.74) is 4.18. The molecule has 5 rings (SSSR count). The van der Waals surface area contributed by atoms with Gasteiger partial charge in [0.05, 0.1) is 13.2 Å². The van der Waals surface area contributed by atoms with Crippen molar-refractivity contribution in [1.29, 1.82) is 0 Å². The molecule has 0 radical (unpaired) electrons. The summed E-state index contributed by atoms with van der Waals surface area (Å²) in [7, 11) is 1.62. The number of amides is 1. The minimum absolute atomic E-state index is 0.112. The molecule has 1 atom stereocenters. The van der Waals surface area contributed by atoms with E-state index in [2.05, 4.69) is 15.2 Å². The molecule has 0 fully saturated rings. The molecule has 2 N–H and O–H groups in total. The lowest BCUT2D eigenvalue weighted by Gasteiger charge is -2.26. The van der Waals surface area contributed by atoms with Gasteiger partial charge in [-0.05, 0) is 47.5 Å². The fraction of sp³-hybridized carbons (Fsp3) is 0.125. The number of fused-ring (bicyclic) bond motifs is 1. The van der Waals surface area contributed by atoms with Gasteiger partial charge in [0.1, 0.15) is 22.9 Å². The molecule has 0 spiro atoms. The number of methoxy groups -OCH3 is 1. The molecule has 2 aromatic carbocycles. The maximum atomic E-state index is 13.4. The number of hydrogen-bond acceptors (Lipinski definition) is 5. The topological polar surface area (TPSA) is 91.3 Å². The van der Waals surface area contributed by atoms with E-state index in [4.69, 9.17) is 4.74 Å². The van der Waals surface area contributed by atoms with Crippen LogP contribution in [0.25, 0.3) is 11.3 Å². The molecule has 31 heavy (non-hydrogen) atoms. The van der Waals surface area contributed by atoms with Gasteiger partial charge in [0.25, 0.3) is 5.91 Å². The molecule has 0 saturated carbocycles. The highest BCUT2D eigenvalue weighted by Gasteiger charge is 2.42. The van der Waals surface area contributed by atoms with E-state index in [-0.39, 0.29) is 17.7 Å². The van der Waals surface area contributed by atoms with Gasteiger partial charge in [-0.3, -0.25) is 14.9 Å². The van der Waals surface area contributed by atoms with Crippen molar-refractivity contribution in [2.24, 2.45) is 0 Å². The van der Waals surface area contributed by atoms with Crippen molar-refractivity contribution in [3.05, 3.63) is 95.4 Å². The first-order chi connectivity index (χ1) is 15.2. The van der Waals surface area contributed by atoms with Gasteiger partial charge in [0, 0.05) is 30.1 Å². The third-order valence-corrected chi connectivity index (χ3v) is 5.53. The van der Waals surface area contributed by atoms with Crippen molar-refractivity contribution < 1.29 is 14.6 Å². The second-order valence-electron chi connectivity index (χ2n) is 7.35. The number of nitrogens with one attached hydrogen (secondary N) is 1. The van der Waals surface area contributed by atoms with Gasteiger partial charge in [-0.1, -0.05) is 24.3 Å². The lowest BCUT2D eigenvalue weighted by molar-refractivity contribution is 0.0730. The molecule has 1 amide bonds. The van der Waals surface area contributed by atoms with E-state index in [1.165, 1.54) is 0 Å². The highest BCUT2D eigenvalue weighted by atomic mass is 16.5. The number of rotatable bonds is 5. The highest BCUT2D eigenvalue weighted by molar-refractivity contribution is 6.00. The van der Waals surface area contributed by atoms with Crippen molar-refractivity contribution in [1.82, 2.24) is 20.1 Å². The monoisotopic (exact) mass is 412 g/mol. The zero-order valence-corrected chi connectivity index (χ0v) is 16.8. The van der Waals surface area contributed by atoms with Gasteiger partial charge in [0.2, 0.25) is 0 Å². The Morgan fingerprint density at radius 1 is 1.10 bits per heavy atom. The Labute approximate surface area is 179 Å². The largest absolute Gasteiger partial charge is 0.507 e. The number of carbonyl (C=O) groups is 1. The Morgan fingerprint density at radius 3 is 2.68 bits per heavy atom. The molecular weight excluding hydrogens is 392 g/mol. The Kier molecular flexibility index (Phi) is 4.63. The number of hydrogen-bond donors (Lipinski definition) is 2. The van der Waals surface area contributed by atoms with Crippen molar-refractivity contribution in [3.8, 4) is 22.8 Å². The van der Waals surface area contributed by atoms with E-state index >= 15 is 0 Å². The third-order valence-electron chi connectivity index (χ3n) is 5.53. The second kappa shape index (κ2) is 7.60. The zero-order valence-electron chi connectivity index (χ0n) is 16.8.